The van der Waals surface area contributed by atoms with Crippen LogP contribution in [0.4, 0.5) is 0 Å². The van der Waals surface area contributed by atoms with Gasteiger partial charge in [-0.25, -0.2) is 13.1 Å². The highest BCUT2D eigenvalue weighted by molar-refractivity contribution is 7.91. The quantitative estimate of drug-likeness (QED) is 0.839. The fourth-order valence-corrected chi connectivity index (χ4v) is 5.63. The van der Waals surface area contributed by atoms with E-state index < -0.39 is 10.0 Å². The van der Waals surface area contributed by atoms with E-state index in [-0.39, 0.29) is 6.04 Å². The number of nitrogens with one attached hydrogen (secondary N) is 1. The van der Waals surface area contributed by atoms with Gasteiger partial charge in [0.05, 0.1) is 0 Å². The van der Waals surface area contributed by atoms with Crippen molar-refractivity contribution in [3.63, 3.8) is 0 Å². The van der Waals surface area contributed by atoms with Crippen LogP contribution >= 0.6 is 11.3 Å². The van der Waals surface area contributed by atoms with Gasteiger partial charge in [0.1, 0.15) is 4.21 Å². The number of hydrogen-bond donors (Lipinski definition) is 1. The van der Waals surface area contributed by atoms with Crippen LogP contribution in [0.1, 0.15) is 32.1 Å². The molecule has 122 valence electrons. The Morgan fingerprint density at radius 3 is 2.68 bits per heavy atom. The minimum Gasteiger partial charge on any atom is -0.303 e. The second-order valence-corrected chi connectivity index (χ2v) is 9.17. The molecular weight excluding hydrogens is 316 g/mol. The van der Waals surface area contributed by atoms with Crippen LogP contribution in [-0.2, 0) is 10.0 Å². The third-order valence-corrected chi connectivity index (χ3v) is 7.48. The van der Waals surface area contributed by atoms with Gasteiger partial charge < -0.3 is 4.90 Å². The van der Waals surface area contributed by atoms with Gasteiger partial charge in [0.2, 0.25) is 10.0 Å². The molecule has 1 saturated heterocycles. The smallest absolute Gasteiger partial charge is 0.250 e. The summed E-state index contributed by atoms with van der Waals surface area (Å²) in [5.41, 5.74) is 0. The summed E-state index contributed by atoms with van der Waals surface area (Å²) in [6, 6.07) is 3.52. The van der Waals surface area contributed by atoms with Crippen LogP contribution in [0, 0.1) is 5.92 Å². The lowest BCUT2D eigenvalue weighted by Crippen LogP contribution is -2.45. The summed E-state index contributed by atoms with van der Waals surface area (Å²) in [5.74, 6) is 0.782. The second kappa shape index (κ2) is 7.25. The zero-order valence-electron chi connectivity index (χ0n) is 12.8. The molecule has 0 saturated carbocycles. The normalized spacial score (nSPS) is 24.6. The van der Waals surface area contributed by atoms with Crippen molar-refractivity contribution in [3.8, 4) is 0 Å². The molecule has 1 aromatic heterocycles. The molecule has 1 atom stereocenters. The van der Waals surface area contributed by atoms with Gasteiger partial charge in [0.15, 0.2) is 0 Å². The fourth-order valence-electron chi connectivity index (χ4n) is 3.31. The van der Waals surface area contributed by atoms with E-state index in [4.69, 9.17) is 0 Å². The fraction of sp³-hybridized carbons (Fsp3) is 0.625. The molecule has 0 bridgehead atoms. The summed E-state index contributed by atoms with van der Waals surface area (Å²) in [5, 5.41) is 1.80. The maximum Gasteiger partial charge on any atom is 0.250 e. The summed E-state index contributed by atoms with van der Waals surface area (Å²) >= 11 is 1.27. The molecule has 2 heterocycles. The average Bonchev–Trinajstić information content (AvgIpc) is 3.05. The SMILES string of the molecule is O=S(=O)(NC1CCN(C[C@H]2CC=CCC2)CC1)c1cccs1. The van der Waals surface area contributed by atoms with E-state index in [0.29, 0.717) is 4.21 Å². The zero-order chi connectivity index (χ0) is 15.4. The van der Waals surface area contributed by atoms with E-state index in [9.17, 15) is 8.42 Å². The Hall–Kier alpha value is -0.690. The molecule has 1 aliphatic heterocycles. The number of rotatable bonds is 5. The highest BCUT2D eigenvalue weighted by atomic mass is 32.2. The number of sulfonamides is 1. The van der Waals surface area contributed by atoms with Crippen LogP contribution in [0.3, 0.4) is 0 Å². The molecule has 0 radical (unpaired) electrons. The molecular formula is C16H24N2O2S2. The van der Waals surface area contributed by atoms with Crippen LogP contribution in [0.25, 0.3) is 0 Å². The first kappa shape index (κ1) is 16.2. The van der Waals surface area contributed by atoms with Crippen molar-refractivity contribution in [3.05, 3.63) is 29.7 Å². The van der Waals surface area contributed by atoms with Crippen molar-refractivity contribution < 1.29 is 8.42 Å². The van der Waals surface area contributed by atoms with E-state index in [0.717, 1.165) is 38.4 Å². The number of piperidine rings is 1. The third-order valence-electron chi connectivity index (χ3n) is 4.56. The van der Waals surface area contributed by atoms with Gasteiger partial charge in [0.25, 0.3) is 0 Å². The Bertz CT molecular complexity index is 588. The molecule has 1 fully saturated rings. The lowest BCUT2D eigenvalue weighted by Gasteiger charge is -2.34. The summed E-state index contributed by atoms with van der Waals surface area (Å²) in [6.45, 7) is 3.16. The van der Waals surface area contributed by atoms with E-state index in [1.807, 2.05) is 0 Å². The van der Waals surface area contributed by atoms with Crippen molar-refractivity contribution in [1.82, 2.24) is 9.62 Å². The number of likely N-dealkylation sites (tertiary alicyclic amines) is 1. The van der Waals surface area contributed by atoms with Gasteiger partial charge in [-0.15, -0.1) is 11.3 Å². The van der Waals surface area contributed by atoms with Crippen molar-refractivity contribution in [2.75, 3.05) is 19.6 Å². The molecule has 0 spiro atoms. The van der Waals surface area contributed by atoms with Crippen molar-refractivity contribution >= 4 is 21.4 Å². The lowest BCUT2D eigenvalue weighted by atomic mass is 9.93. The number of hydrogen-bond acceptors (Lipinski definition) is 4. The summed E-state index contributed by atoms with van der Waals surface area (Å²) in [6.07, 6.45) is 10.1. The predicted octanol–water partition coefficient (Wildman–Crippen LogP) is 2.85. The van der Waals surface area contributed by atoms with E-state index >= 15 is 0 Å². The molecule has 22 heavy (non-hydrogen) atoms. The Morgan fingerprint density at radius 2 is 2.05 bits per heavy atom. The summed E-state index contributed by atoms with van der Waals surface area (Å²) in [4.78, 5) is 2.50. The Labute approximate surface area is 137 Å². The van der Waals surface area contributed by atoms with Crippen LogP contribution in [0.15, 0.2) is 33.9 Å². The van der Waals surface area contributed by atoms with Gasteiger partial charge in [0, 0.05) is 12.6 Å². The van der Waals surface area contributed by atoms with Gasteiger partial charge in [-0.2, -0.15) is 0 Å². The Kier molecular flexibility index (Phi) is 5.33. The predicted molar refractivity (Wildman–Crippen MR) is 90.6 cm³/mol. The van der Waals surface area contributed by atoms with Crippen LogP contribution in [0.2, 0.25) is 0 Å². The highest BCUT2D eigenvalue weighted by Crippen LogP contribution is 2.22. The highest BCUT2D eigenvalue weighted by Gasteiger charge is 2.26. The molecule has 0 aromatic carbocycles. The van der Waals surface area contributed by atoms with E-state index in [2.05, 4.69) is 21.8 Å². The minimum absolute atomic E-state index is 0.0783. The van der Waals surface area contributed by atoms with Crippen LogP contribution in [-0.4, -0.2) is 39.0 Å². The van der Waals surface area contributed by atoms with Gasteiger partial charge in [-0.05, 0) is 62.6 Å². The molecule has 0 amide bonds. The Balaban J connectivity index is 1.46. The molecule has 6 heteroatoms. The summed E-state index contributed by atoms with van der Waals surface area (Å²) in [7, 11) is -3.32. The largest absolute Gasteiger partial charge is 0.303 e. The van der Waals surface area contributed by atoms with Gasteiger partial charge >= 0.3 is 0 Å². The lowest BCUT2D eigenvalue weighted by molar-refractivity contribution is 0.174. The molecule has 2 aliphatic rings. The average molecular weight is 341 g/mol. The van der Waals surface area contributed by atoms with E-state index in [1.165, 1.54) is 30.6 Å². The molecule has 1 aromatic rings. The molecule has 0 unspecified atom stereocenters. The molecule has 1 aliphatic carbocycles. The van der Waals surface area contributed by atoms with Gasteiger partial charge in [-0.1, -0.05) is 18.2 Å². The van der Waals surface area contributed by atoms with Crippen LogP contribution in [0.5, 0.6) is 0 Å². The van der Waals surface area contributed by atoms with Crippen molar-refractivity contribution in [2.45, 2.75) is 42.4 Å². The first-order chi connectivity index (χ1) is 10.6. The summed E-state index contributed by atoms with van der Waals surface area (Å²) < 4.78 is 27.8. The van der Waals surface area contributed by atoms with E-state index in [1.54, 1.807) is 17.5 Å². The van der Waals surface area contributed by atoms with Gasteiger partial charge in [-0.3, -0.25) is 0 Å². The van der Waals surface area contributed by atoms with Crippen molar-refractivity contribution in [2.24, 2.45) is 5.92 Å². The Morgan fingerprint density at radius 1 is 1.23 bits per heavy atom. The monoisotopic (exact) mass is 340 g/mol. The maximum atomic E-state index is 12.2. The standard InChI is InChI=1S/C16H24N2O2S2/c19-22(20,16-7-4-12-21-16)17-15-8-10-18(11-9-15)13-14-5-2-1-3-6-14/h1-2,4,7,12,14-15,17H,3,5-6,8-11,13H2/t14-/m0/s1. The van der Waals surface area contributed by atoms with Crippen LogP contribution < -0.4 is 4.72 Å². The first-order valence-corrected chi connectivity index (χ1v) is 10.4. The molecule has 1 N–H and O–H groups in total. The first-order valence-electron chi connectivity index (χ1n) is 8.07. The number of allylic oxidation sites excluding steroid dienone is 2. The number of thiophene rings is 1. The third kappa shape index (κ3) is 4.19. The van der Waals surface area contributed by atoms with Crippen molar-refractivity contribution in [1.29, 1.82) is 0 Å². The number of nitrogens with zero attached hydrogens (tertiary/aromatic N) is 1. The molecule has 4 nitrogen and oxygen atoms in total. The second-order valence-electron chi connectivity index (χ2n) is 6.28. The zero-order valence-corrected chi connectivity index (χ0v) is 14.4. The maximum absolute atomic E-state index is 12.2. The minimum atomic E-state index is -3.32. The topological polar surface area (TPSA) is 49.4 Å². The molecule has 3 rings (SSSR count).